The summed E-state index contributed by atoms with van der Waals surface area (Å²) < 4.78 is 14.5. The van der Waals surface area contributed by atoms with Crippen LogP contribution in [-0.2, 0) is 0 Å². The van der Waals surface area contributed by atoms with Gasteiger partial charge in [0.2, 0.25) is 0 Å². The highest BCUT2D eigenvalue weighted by molar-refractivity contribution is 5.94. The molecule has 3 rings (SSSR count). The normalized spacial score (nSPS) is 10.6. The number of carbonyl (C=O) groups is 1. The fourth-order valence-electron chi connectivity index (χ4n) is 2.56. The van der Waals surface area contributed by atoms with Crippen LogP contribution >= 0.6 is 0 Å². The second-order valence-corrected chi connectivity index (χ2v) is 5.69. The van der Waals surface area contributed by atoms with Crippen LogP contribution in [0.3, 0.4) is 0 Å². The first-order valence-electron chi connectivity index (χ1n) is 7.52. The molecule has 0 saturated carbocycles. The summed E-state index contributed by atoms with van der Waals surface area (Å²) in [7, 11) is 0. The number of aryl methyl sites for hydroxylation is 1. The Bertz CT molecular complexity index is 846. The molecular formula is C21H17FO. The van der Waals surface area contributed by atoms with Gasteiger partial charge in [-0.15, -0.1) is 0 Å². The van der Waals surface area contributed by atoms with Gasteiger partial charge in [0, 0.05) is 11.1 Å². The van der Waals surface area contributed by atoms with Crippen molar-refractivity contribution in [2.45, 2.75) is 13.8 Å². The smallest absolute Gasteiger partial charge is 0.159 e. The first kappa shape index (κ1) is 15.2. The first-order chi connectivity index (χ1) is 11.0. The van der Waals surface area contributed by atoms with Crippen molar-refractivity contribution in [2.75, 3.05) is 0 Å². The van der Waals surface area contributed by atoms with Gasteiger partial charge < -0.3 is 0 Å². The SMILES string of the molecule is CC(=O)c1ccc(-c2ccc(-c3ccc(C)cc3)cc2F)cc1. The molecule has 0 aliphatic heterocycles. The zero-order valence-corrected chi connectivity index (χ0v) is 13.1. The van der Waals surface area contributed by atoms with Crippen LogP contribution in [0.5, 0.6) is 0 Å². The fraction of sp³-hybridized carbons (Fsp3) is 0.0952. The van der Waals surface area contributed by atoms with Gasteiger partial charge in [0.1, 0.15) is 5.82 Å². The van der Waals surface area contributed by atoms with E-state index in [1.165, 1.54) is 12.5 Å². The van der Waals surface area contributed by atoms with E-state index in [1.807, 2.05) is 37.3 Å². The van der Waals surface area contributed by atoms with Crippen molar-refractivity contribution < 1.29 is 9.18 Å². The third-order valence-electron chi connectivity index (χ3n) is 3.96. The maximum Gasteiger partial charge on any atom is 0.159 e. The van der Waals surface area contributed by atoms with E-state index in [9.17, 15) is 9.18 Å². The summed E-state index contributed by atoms with van der Waals surface area (Å²) in [5.41, 5.74) is 4.96. The average Bonchev–Trinajstić information content (AvgIpc) is 2.55. The van der Waals surface area contributed by atoms with Gasteiger partial charge in [-0.3, -0.25) is 4.79 Å². The molecule has 0 saturated heterocycles. The van der Waals surface area contributed by atoms with Crippen molar-refractivity contribution in [3.05, 3.63) is 83.7 Å². The van der Waals surface area contributed by atoms with Gasteiger partial charge >= 0.3 is 0 Å². The minimum Gasteiger partial charge on any atom is -0.295 e. The zero-order valence-electron chi connectivity index (χ0n) is 13.1. The summed E-state index contributed by atoms with van der Waals surface area (Å²) in [6, 6.07) is 20.3. The van der Waals surface area contributed by atoms with Crippen LogP contribution in [-0.4, -0.2) is 5.78 Å². The molecule has 0 fully saturated rings. The highest BCUT2D eigenvalue weighted by Gasteiger charge is 2.08. The second kappa shape index (κ2) is 6.17. The maximum atomic E-state index is 14.5. The molecule has 0 aliphatic carbocycles. The zero-order chi connectivity index (χ0) is 16.4. The topological polar surface area (TPSA) is 17.1 Å². The van der Waals surface area contributed by atoms with Gasteiger partial charge in [0.05, 0.1) is 0 Å². The highest BCUT2D eigenvalue weighted by atomic mass is 19.1. The second-order valence-electron chi connectivity index (χ2n) is 5.69. The van der Waals surface area contributed by atoms with Crippen molar-refractivity contribution in [2.24, 2.45) is 0 Å². The van der Waals surface area contributed by atoms with Crippen LogP contribution in [0.25, 0.3) is 22.3 Å². The largest absolute Gasteiger partial charge is 0.295 e. The number of carbonyl (C=O) groups excluding carboxylic acids is 1. The van der Waals surface area contributed by atoms with E-state index >= 15 is 0 Å². The predicted molar refractivity (Wildman–Crippen MR) is 92.0 cm³/mol. The van der Waals surface area contributed by atoms with E-state index in [1.54, 1.807) is 36.4 Å². The van der Waals surface area contributed by atoms with E-state index in [0.717, 1.165) is 16.7 Å². The molecule has 0 heterocycles. The minimum atomic E-state index is -0.265. The molecule has 0 radical (unpaired) electrons. The van der Waals surface area contributed by atoms with Crippen LogP contribution in [0.2, 0.25) is 0 Å². The van der Waals surface area contributed by atoms with Gasteiger partial charge in [-0.1, -0.05) is 66.2 Å². The van der Waals surface area contributed by atoms with Gasteiger partial charge in [-0.25, -0.2) is 4.39 Å². The molecule has 0 bridgehead atoms. The molecule has 0 N–H and O–H groups in total. The summed E-state index contributed by atoms with van der Waals surface area (Å²) in [5.74, 6) is -0.259. The number of hydrogen-bond donors (Lipinski definition) is 0. The van der Waals surface area contributed by atoms with E-state index in [-0.39, 0.29) is 11.6 Å². The van der Waals surface area contributed by atoms with Crippen LogP contribution in [0.1, 0.15) is 22.8 Å². The number of benzene rings is 3. The summed E-state index contributed by atoms with van der Waals surface area (Å²) in [5, 5.41) is 0. The molecule has 0 atom stereocenters. The Hall–Kier alpha value is -2.74. The predicted octanol–water partition coefficient (Wildman–Crippen LogP) is 5.67. The average molecular weight is 304 g/mol. The van der Waals surface area contributed by atoms with Gasteiger partial charge in [0.25, 0.3) is 0 Å². The number of hydrogen-bond acceptors (Lipinski definition) is 1. The molecule has 0 aliphatic rings. The lowest BCUT2D eigenvalue weighted by Gasteiger charge is -2.08. The lowest BCUT2D eigenvalue weighted by molar-refractivity contribution is 0.101. The van der Waals surface area contributed by atoms with E-state index in [0.29, 0.717) is 11.1 Å². The molecular weight excluding hydrogens is 287 g/mol. The fourth-order valence-corrected chi connectivity index (χ4v) is 2.56. The number of Topliss-reactive ketones (excluding diaryl/α,β-unsaturated/α-hetero) is 1. The van der Waals surface area contributed by atoms with Crippen LogP contribution < -0.4 is 0 Å². The third kappa shape index (κ3) is 3.21. The monoisotopic (exact) mass is 304 g/mol. The van der Waals surface area contributed by atoms with Crippen LogP contribution in [0.4, 0.5) is 4.39 Å². The third-order valence-corrected chi connectivity index (χ3v) is 3.96. The van der Waals surface area contributed by atoms with Crippen molar-refractivity contribution in [3.8, 4) is 22.3 Å². The van der Waals surface area contributed by atoms with Crippen molar-refractivity contribution in [1.29, 1.82) is 0 Å². The minimum absolute atomic E-state index is 0.00624. The molecule has 0 unspecified atom stereocenters. The quantitative estimate of drug-likeness (QED) is 0.570. The first-order valence-corrected chi connectivity index (χ1v) is 7.52. The molecule has 2 heteroatoms. The number of ketones is 1. The summed E-state index contributed by atoms with van der Waals surface area (Å²) in [6.07, 6.45) is 0. The lowest BCUT2D eigenvalue weighted by atomic mass is 9.98. The highest BCUT2D eigenvalue weighted by Crippen LogP contribution is 2.28. The van der Waals surface area contributed by atoms with Crippen molar-refractivity contribution in [3.63, 3.8) is 0 Å². The summed E-state index contributed by atoms with van der Waals surface area (Å²) in [6.45, 7) is 3.55. The van der Waals surface area contributed by atoms with Crippen molar-refractivity contribution in [1.82, 2.24) is 0 Å². The molecule has 114 valence electrons. The van der Waals surface area contributed by atoms with E-state index in [4.69, 9.17) is 0 Å². The summed E-state index contributed by atoms with van der Waals surface area (Å²) in [4.78, 5) is 11.3. The Kier molecular flexibility index (Phi) is 4.07. The molecule has 0 aromatic heterocycles. The number of halogens is 1. The van der Waals surface area contributed by atoms with Gasteiger partial charge in [0.15, 0.2) is 5.78 Å². The maximum absolute atomic E-state index is 14.5. The summed E-state index contributed by atoms with van der Waals surface area (Å²) >= 11 is 0. The Morgan fingerprint density at radius 2 is 1.35 bits per heavy atom. The molecule has 23 heavy (non-hydrogen) atoms. The molecule has 3 aromatic carbocycles. The standard InChI is InChI=1S/C21H17FO/c1-14-3-5-17(6-4-14)19-11-12-20(21(22)13-19)18-9-7-16(8-10-18)15(2)23/h3-13H,1-2H3. The van der Waals surface area contributed by atoms with Crippen molar-refractivity contribution >= 4 is 5.78 Å². The van der Waals surface area contributed by atoms with Crippen LogP contribution in [0.15, 0.2) is 66.7 Å². The Balaban J connectivity index is 1.95. The lowest BCUT2D eigenvalue weighted by Crippen LogP contribution is -1.92. The Morgan fingerprint density at radius 1 is 0.783 bits per heavy atom. The van der Waals surface area contributed by atoms with Crippen LogP contribution in [0, 0.1) is 12.7 Å². The molecule has 1 nitrogen and oxygen atoms in total. The van der Waals surface area contributed by atoms with E-state index < -0.39 is 0 Å². The molecule has 0 spiro atoms. The van der Waals surface area contributed by atoms with Gasteiger partial charge in [-0.05, 0) is 36.6 Å². The Labute approximate surface area is 135 Å². The molecule has 3 aromatic rings. The number of rotatable bonds is 3. The Morgan fingerprint density at radius 3 is 1.91 bits per heavy atom. The van der Waals surface area contributed by atoms with E-state index in [2.05, 4.69) is 0 Å². The molecule has 0 amide bonds. The van der Waals surface area contributed by atoms with Gasteiger partial charge in [-0.2, -0.15) is 0 Å².